The van der Waals surface area contributed by atoms with E-state index < -0.39 is 0 Å². The Bertz CT molecular complexity index is 660. The summed E-state index contributed by atoms with van der Waals surface area (Å²) < 4.78 is 7.36. The molecule has 1 atom stereocenters. The van der Waals surface area contributed by atoms with Crippen molar-refractivity contribution < 1.29 is 4.74 Å². The Morgan fingerprint density at radius 2 is 2.17 bits per heavy atom. The molecule has 1 aromatic heterocycles. The smallest absolute Gasteiger partial charge is 0.262 e. The number of fused-ring (bicyclic) bond motifs is 1. The Morgan fingerprint density at radius 3 is 2.89 bits per heavy atom. The number of nitrogens with zero attached hydrogens (tertiary/aromatic N) is 1. The zero-order valence-electron chi connectivity index (χ0n) is 10.5. The van der Waals surface area contributed by atoms with E-state index in [4.69, 9.17) is 17.0 Å². The largest absolute Gasteiger partial charge is 0.380 e. The van der Waals surface area contributed by atoms with Gasteiger partial charge >= 0.3 is 0 Å². The van der Waals surface area contributed by atoms with Crippen LogP contribution in [0.1, 0.15) is 19.9 Å². The molecule has 1 heterocycles. The highest BCUT2D eigenvalue weighted by atomic mass is 32.1. The number of ether oxygens (including phenoxy) is 1. The highest BCUT2D eigenvalue weighted by Gasteiger charge is 2.11. The van der Waals surface area contributed by atoms with Gasteiger partial charge in [-0.1, -0.05) is 12.1 Å². The lowest BCUT2D eigenvalue weighted by Gasteiger charge is -2.15. The van der Waals surface area contributed by atoms with Gasteiger partial charge in [0.2, 0.25) is 0 Å². The lowest BCUT2D eigenvalue weighted by molar-refractivity contribution is 0.117. The monoisotopic (exact) mass is 264 g/mol. The van der Waals surface area contributed by atoms with Crippen LogP contribution in [-0.2, 0) is 4.74 Å². The Balaban J connectivity index is 2.57. The van der Waals surface area contributed by atoms with Gasteiger partial charge in [-0.2, -0.15) is 0 Å². The summed E-state index contributed by atoms with van der Waals surface area (Å²) in [5.41, 5.74) is 0.703. The van der Waals surface area contributed by atoms with Crippen LogP contribution in [0.25, 0.3) is 10.9 Å². The van der Waals surface area contributed by atoms with Gasteiger partial charge in [0.15, 0.2) is 4.77 Å². The fourth-order valence-electron chi connectivity index (χ4n) is 1.94. The van der Waals surface area contributed by atoms with Crippen LogP contribution in [0, 0.1) is 4.77 Å². The first-order valence-corrected chi connectivity index (χ1v) is 6.37. The van der Waals surface area contributed by atoms with Crippen molar-refractivity contribution in [3.63, 3.8) is 0 Å². The van der Waals surface area contributed by atoms with E-state index >= 15 is 0 Å². The minimum atomic E-state index is -0.0780. The molecular weight excluding hydrogens is 248 g/mol. The van der Waals surface area contributed by atoms with Crippen molar-refractivity contribution in [1.82, 2.24) is 9.55 Å². The van der Waals surface area contributed by atoms with E-state index in [1.807, 2.05) is 32.0 Å². The average molecular weight is 264 g/mol. The van der Waals surface area contributed by atoms with Crippen molar-refractivity contribution in [3.8, 4) is 0 Å². The van der Waals surface area contributed by atoms with E-state index in [1.54, 1.807) is 10.6 Å². The van der Waals surface area contributed by atoms with Gasteiger partial charge in [0.05, 0.1) is 23.6 Å². The molecule has 5 heteroatoms. The molecule has 0 bridgehead atoms. The van der Waals surface area contributed by atoms with Gasteiger partial charge in [-0.15, -0.1) is 0 Å². The lowest BCUT2D eigenvalue weighted by atomic mass is 10.2. The van der Waals surface area contributed by atoms with Gasteiger partial charge in [0.25, 0.3) is 5.56 Å². The van der Waals surface area contributed by atoms with Crippen LogP contribution in [0.4, 0.5) is 0 Å². The molecule has 4 nitrogen and oxygen atoms in total. The fraction of sp³-hybridized carbons (Fsp3) is 0.385. The third-order valence-electron chi connectivity index (χ3n) is 2.84. The highest BCUT2D eigenvalue weighted by Crippen LogP contribution is 2.10. The second-order valence-corrected chi connectivity index (χ2v) is 4.55. The maximum atomic E-state index is 12.4. The van der Waals surface area contributed by atoms with Gasteiger partial charge < -0.3 is 9.72 Å². The Hall–Kier alpha value is -1.46. The van der Waals surface area contributed by atoms with Crippen molar-refractivity contribution >= 4 is 23.1 Å². The minimum Gasteiger partial charge on any atom is -0.380 e. The molecule has 0 saturated heterocycles. The Kier molecular flexibility index (Phi) is 3.93. The molecule has 1 aromatic carbocycles. The number of rotatable bonds is 4. The first-order valence-electron chi connectivity index (χ1n) is 5.96. The molecule has 0 fully saturated rings. The summed E-state index contributed by atoms with van der Waals surface area (Å²) in [5.74, 6) is 0. The maximum absolute atomic E-state index is 12.4. The predicted octanol–water partition coefficient (Wildman–Crippen LogP) is 2.66. The number of H-pyrrole nitrogens is 1. The van der Waals surface area contributed by atoms with Crippen LogP contribution in [0.5, 0.6) is 0 Å². The van der Waals surface area contributed by atoms with Crippen LogP contribution in [0.2, 0.25) is 0 Å². The van der Waals surface area contributed by atoms with Crippen molar-refractivity contribution in [2.24, 2.45) is 0 Å². The first kappa shape index (κ1) is 13.0. The van der Waals surface area contributed by atoms with E-state index in [1.165, 1.54) is 0 Å². The molecule has 2 rings (SSSR count). The molecule has 0 aliphatic rings. The Morgan fingerprint density at radius 1 is 1.44 bits per heavy atom. The zero-order chi connectivity index (χ0) is 13.1. The molecule has 18 heavy (non-hydrogen) atoms. The lowest BCUT2D eigenvalue weighted by Crippen LogP contribution is -2.27. The van der Waals surface area contributed by atoms with E-state index in [0.29, 0.717) is 23.4 Å². The molecule has 96 valence electrons. The van der Waals surface area contributed by atoms with Crippen LogP contribution in [0.15, 0.2) is 29.1 Å². The number of para-hydroxylation sites is 1. The quantitative estimate of drug-likeness (QED) is 0.864. The van der Waals surface area contributed by atoms with Crippen LogP contribution < -0.4 is 5.56 Å². The summed E-state index contributed by atoms with van der Waals surface area (Å²) in [6.07, 6.45) is 0. The van der Waals surface area contributed by atoms with Gasteiger partial charge in [0.1, 0.15) is 0 Å². The fourth-order valence-corrected chi connectivity index (χ4v) is 2.31. The first-order chi connectivity index (χ1) is 8.65. The average Bonchev–Trinajstić information content (AvgIpc) is 2.36. The third-order valence-corrected chi connectivity index (χ3v) is 3.14. The molecule has 0 amide bonds. The van der Waals surface area contributed by atoms with E-state index in [2.05, 4.69) is 4.98 Å². The third kappa shape index (κ3) is 2.37. The molecule has 0 radical (unpaired) electrons. The normalized spacial score (nSPS) is 12.8. The van der Waals surface area contributed by atoms with Gasteiger partial charge in [-0.3, -0.25) is 9.36 Å². The maximum Gasteiger partial charge on any atom is 0.262 e. The number of hydrogen-bond acceptors (Lipinski definition) is 3. The predicted molar refractivity (Wildman–Crippen MR) is 74.6 cm³/mol. The number of hydrogen-bond donors (Lipinski definition) is 1. The van der Waals surface area contributed by atoms with Crippen LogP contribution >= 0.6 is 12.2 Å². The Labute approximate surface area is 110 Å². The number of aromatic nitrogens is 2. The molecule has 1 unspecified atom stereocenters. The SMILES string of the molecule is CCOCC(C)n1c(=S)[nH]c2ccccc2c1=O. The summed E-state index contributed by atoms with van der Waals surface area (Å²) in [4.78, 5) is 15.5. The minimum absolute atomic E-state index is 0.0680. The summed E-state index contributed by atoms with van der Waals surface area (Å²) >= 11 is 5.25. The summed E-state index contributed by atoms with van der Waals surface area (Å²) in [7, 11) is 0. The molecule has 0 aliphatic heterocycles. The molecule has 1 N–H and O–H groups in total. The number of aromatic amines is 1. The second-order valence-electron chi connectivity index (χ2n) is 4.16. The second kappa shape index (κ2) is 5.46. The van der Waals surface area contributed by atoms with Gasteiger partial charge in [0, 0.05) is 6.61 Å². The molecule has 0 aliphatic carbocycles. The molecular formula is C13H16N2O2S. The topological polar surface area (TPSA) is 47.0 Å². The molecule has 0 saturated carbocycles. The summed E-state index contributed by atoms with van der Waals surface area (Å²) in [6, 6.07) is 7.29. The zero-order valence-corrected chi connectivity index (χ0v) is 11.3. The van der Waals surface area contributed by atoms with E-state index in [9.17, 15) is 4.79 Å². The summed E-state index contributed by atoms with van der Waals surface area (Å²) in [5, 5.41) is 0.648. The molecule has 2 aromatic rings. The van der Waals surface area contributed by atoms with E-state index in [0.717, 1.165) is 5.52 Å². The number of nitrogens with one attached hydrogen (secondary N) is 1. The van der Waals surface area contributed by atoms with Crippen molar-refractivity contribution in [2.75, 3.05) is 13.2 Å². The summed E-state index contributed by atoms with van der Waals surface area (Å²) in [6.45, 7) is 4.96. The van der Waals surface area contributed by atoms with Crippen molar-refractivity contribution in [3.05, 3.63) is 39.4 Å². The van der Waals surface area contributed by atoms with Crippen LogP contribution in [-0.4, -0.2) is 22.8 Å². The van der Waals surface area contributed by atoms with E-state index in [-0.39, 0.29) is 11.6 Å². The van der Waals surface area contributed by atoms with Gasteiger partial charge in [-0.25, -0.2) is 0 Å². The van der Waals surface area contributed by atoms with Crippen molar-refractivity contribution in [2.45, 2.75) is 19.9 Å². The van der Waals surface area contributed by atoms with Gasteiger partial charge in [-0.05, 0) is 38.2 Å². The standard InChI is InChI=1S/C13H16N2O2S/c1-3-17-8-9(2)15-12(16)10-6-4-5-7-11(10)14-13(15)18/h4-7,9H,3,8H2,1-2H3,(H,14,18). The number of benzene rings is 1. The van der Waals surface area contributed by atoms with Crippen molar-refractivity contribution in [1.29, 1.82) is 0 Å². The van der Waals surface area contributed by atoms with Crippen LogP contribution in [0.3, 0.4) is 0 Å². The molecule has 0 spiro atoms. The highest BCUT2D eigenvalue weighted by molar-refractivity contribution is 7.71.